The molecule has 0 spiro atoms. The van der Waals surface area contributed by atoms with Crippen LogP contribution in [-0.2, 0) is 20.9 Å². The molecular weight excluding hydrogens is 362 g/mol. The molecule has 0 aromatic heterocycles. The third kappa shape index (κ3) is 8.10. The van der Waals surface area contributed by atoms with E-state index in [1.807, 2.05) is 62.4 Å². The molecule has 0 amide bonds. The maximum Gasteiger partial charge on any atom is 0.293 e. The van der Waals surface area contributed by atoms with Crippen molar-refractivity contribution < 1.29 is 14.3 Å². The van der Waals surface area contributed by atoms with E-state index in [-0.39, 0.29) is 5.78 Å². The topological polar surface area (TPSA) is 46.6 Å². The Morgan fingerprint density at radius 1 is 1.24 bits per heavy atom. The van der Waals surface area contributed by atoms with Crippen LogP contribution in [0.5, 0.6) is 0 Å². The Bertz CT molecular complexity index is 719. The van der Waals surface area contributed by atoms with Gasteiger partial charge >= 0.3 is 0 Å². The highest BCUT2D eigenvalue weighted by molar-refractivity contribution is 6.01. The molecule has 2 atom stereocenters. The van der Waals surface area contributed by atoms with Gasteiger partial charge in [-0.15, -0.1) is 0 Å². The quantitative estimate of drug-likeness (QED) is 0.453. The smallest absolute Gasteiger partial charge is 0.293 e. The summed E-state index contributed by atoms with van der Waals surface area (Å²) in [6.07, 6.45) is 10.8. The molecule has 1 heterocycles. The summed E-state index contributed by atoms with van der Waals surface area (Å²) in [5.41, 5.74) is 2.93. The second kappa shape index (κ2) is 13.5. The number of allylic oxidation sites excluding steroid dienone is 5. The van der Waals surface area contributed by atoms with Crippen molar-refractivity contribution in [2.45, 2.75) is 59.6 Å². The number of hydrogen-bond acceptors (Lipinski definition) is 4. The van der Waals surface area contributed by atoms with Gasteiger partial charge in [-0.3, -0.25) is 9.59 Å². The average molecular weight is 398 g/mol. The number of likely N-dealkylation sites (N-methyl/N-ethyl adjacent to an activating group) is 1. The summed E-state index contributed by atoms with van der Waals surface area (Å²) in [5, 5.41) is 0. The van der Waals surface area contributed by atoms with Crippen LogP contribution in [0.3, 0.4) is 0 Å². The molecule has 4 nitrogen and oxygen atoms in total. The van der Waals surface area contributed by atoms with Gasteiger partial charge in [-0.1, -0.05) is 68.8 Å². The van der Waals surface area contributed by atoms with Crippen molar-refractivity contribution in [3.8, 4) is 0 Å². The fourth-order valence-electron chi connectivity index (χ4n) is 3.30. The SMILES string of the molecule is C\C=C/C=C1/C(=O)CC(CC(C)CC)N(C)/C1=C/C.O=COCc1ccccc1. The summed E-state index contributed by atoms with van der Waals surface area (Å²) < 4.78 is 4.54. The van der Waals surface area contributed by atoms with Gasteiger partial charge in [0.05, 0.1) is 0 Å². The zero-order chi connectivity index (χ0) is 21.6. The van der Waals surface area contributed by atoms with Gasteiger partial charge in [-0.2, -0.15) is 0 Å². The lowest BCUT2D eigenvalue weighted by Crippen LogP contribution is -2.40. The summed E-state index contributed by atoms with van der Waals surface area (Å²) in [7, 11) is 2.11. The molecule has 0 N–H and O–H groups in total. The van der Waals surface area contributed by atoms with Crippen LogP contribution in [0.1, 0.15) is 52.5 Å². The van der Waals surface area contributed by atoms with Crippen LogP contribution in [0.15, 0.2) is 65.9 Å². The monoisotopic (exact) mass is 397 g/mol. The van der Waals surface area contributed by atoms with Crippen molar-refractivity contribution in [2.75, 3.05) is 7.05 Å². The summed E-state index contributed by atoms with van der Waals surface area (Å²) in [5.74, 6) is 0.942. The Labute approximate surface area is 175 Å². The van der Waals surface area contributed by atoms with Crippen LogP contribution in [-0.4, -0.2) is 30.2 Å². The molecule has 2 rings (SSSR count). The van der Waals surface area contributed by atoms with Crippen molar-refractivity contribution in [3.05, 3.63) is 71.5 Å². The van der Waals surface area contributed by atoms with Crippen LogP contribution in [0.2, 0.25) is 0 Å². The number of benzene rings is 1. The number of carbonyl (C=O) groups excluding carboxylic acids is 2. The number of Topliss-reactive ketones (excluding diaryl/α,β-unsaturated/α-hetero) is 1. The molecule has 2 unspecified atom stereocenters. The number of likely N-dealkylation sites (tertiary alicyclic amines) is 1. The molecule has 0 radical (unpaired) electrons. The zero-order valence-electron chi connectivity index (χ0n) is 18.4. The third-order valence-electron chi connectivity index (χ3n) is 5.19. The summed E-state index contributed by atoms with van der Waals surface area (Å²) in [6, 6.07) is 9.89. The molecule has 4 heteroatoms. The van der Waals surface area contributed by atoms with Crippen molar-refractivity contribution in [2.24, 2.45) is 5.92 Å². The number of nitrogens with zero attached hydrogens (tertiary/aromatic N) is 1. The number of hydrogen-bond donors (Lipinski definition) is 0. The van der Waals surface area contributed by atoms with Crippen molar-refractivity contribution in [1.29, 1.82) is 0 Å². The summed E-state index contributed by atoms with van der Waals surface area (Å²) in [4.78, 5) is 24.4. The van der Waals surface area contributed by atoms with Crippen molar-refractivity contribution in [3.63, 3.8) is 0 Å². The highest BCUT2D eigenvalue weighted by atomic mass is 16.5. The predicted octanol–water partition coefficient (Wildman–Crippen LogP) is 5.46. The molecule has 0 aliphatic carbocycles. The Hall–Kier alpha value is -2.62. The van der Waals surface area contributed by atoms with E-state index in [1.165, 1.54) is 6.42 Å². The van der Waals surface area contributed by atoms with E-state index in [0.717, 1.165) is 23.3 Å². The highest BCUT2D eigenvalue weighted by Crippen LogP contribution is 2.30. The first-order chi connectivity index (χ1) is 14.0. The molecule has 0 saturated carbocycles. The van der Waals surface area contributed by atoms with Gasteiger partial charge in [0, 0.05) is 30.8 Å². The van der Waals surface area contributed by atoms with E-state index in [4.69, 9.17) is 0 Å². The molecule has 0 bridgehead atoms. The highest BCUT2D eigenvalue weighted by Gasteiger charge is 2.31. The number of carbonyl (C=O) groups is 2. The molecule has 1 aliphatic heterocycles. The van der Waals surface area contributed by atoms with Crippen molar-refractivity contribution in [1.82, 2.24) is 4.90 Å². The average Bonchev–Trinajstić information content (AvgIpc) is 2.74. The van der Waals surface area contributed by atoms with E-state index in [2.05, 4.69) is 36.6 Å². The number of ether oxygens (including phenoxy) is 1. The molecule has 158 valence electrons. The molecule has 1 aromatic rings. The Kier molecular flexibility index (Phi) is 11.4. The number of rotatable bonds is 7. The first kappa shape index (κ1) is 24.4. The largest absolute Gasteiger partial charge is 0.463 e. The minimum Gasteiger partial charge on any atom is -0.463 e. The lowest BCUT2D eigenvalue weighted by Gasteiger charge is -2.38. The van der Waals surface area contributed by atoms with Gasteiger partial charge in [-0.25, -0.2) is 0 Å². The second-order valence-electron chi connectivity index (χ2n) is 7.31. The number of piperidine rings is 1. The van der Waals surface area contributed by atoms with Gasteiger partial charge < -0.3 is 9.64 Å². The maximum atomic E-state index is 12.3. The van der Waals surface area contributed by atoms with Crippen LogP contribution in [0.25, 0.3) is 0 Å². The van der Waals surface area contributed by atoms with E-state index in [1.54, 1.807) is 0 Å². The van der Waals surface area contributed by atoms with Crippen LogP contribution in [0.4, 0.5) is 0 Å². The van der Waals surface area contributed by atoms with Gasteiger partial charge in [0.1, 0.15) is 6.61 Å². The second-order valence-corrected chi connectivity index (χ2v) is 7.31. The molecule has 1 aromatic carbocycles. The standard InChI is InChI=1S/C17H27NO.C8H8O2/c1-6-9-10-15-16(8-3)18(5)14(12-17(15)19)11-13(4)7-2;9-7-10-6-8-4-2-1-3-5-8/h6,8-10,13-14H,7,11-12H2,1-5H3;1-5,7H,6H2/b9-6-,15-10+,16-8+;. The van der Waals surface area contributed by atoms with Gasteiger partial charge in [0.2, 0.25) is 0 Å². The lowest BCUT2D eigenvalue weighted by molar-refractivity contribution is -0.129. The van der Waals surface area contributed by atoms with E-state index >= 15 is 0 Å². The molecular formula is C25H35NO3. The maximum absolute atomic E-state index is 12.3. The first-order valence-electron chi connectivity index (χ1n) is 10.3. The van der Waals surface area contributed by atoms with Crippen LogP contribution in [0, 0.1) is 5.92 Å². The molecule has 1 saturated heterocycles. The molecule has 1 fully saturated rings. The molecule has 1 aliphatic rings. The van der Waals surface area contributed by atoms with E-state index in [0.29, 0.717) is 31.5 Å². The lowest BCUT2D eigenvalue weighted by atomic mass is 9.87. The van der Waals surface area contributed by atoms with Gasteiger partial charge in [-0.05, 0) is 37.8 Å². The van der Waals surface area contributed by atoms with Crippen molar-refractivity contribution >= 4 is 12.3 Å². The molecule has 29 heavy (non-hydrogen) atoms. The Morgan fingerprint density at radius 2 is 1.93 bits per heavy atom. The minimum atomic E-state index is 0.276. The van der Waals surface area contributed by atoms with Crippen LogP contribution >= 0.6 is 0 Å². The predicted molar refractivity (Wildman–Crippen MR) is 119 cm³/mol. The third-order valence-corrected chi connectivity index (χ3v) is 5.19. The van der Waals surface area contributed by atoms with E-state index in [9.17, 15) is 9.59 Å². The van der Waals surface area contributed by atoms with Gasteiger partial charge in [0.15, 0.2) is 5.78 Å². The minimum absolute atomic E-state index is 0.276. The summed E-state index contributed by atoms with van der Waals surface area (Å²) in [6.45, 7) is 9.27. The normalized spacial score (nSPS) is 20.5. The Balaban J connectivity index is 0.000000352. The zero-order valence-corrected chi connectivity index (χ0v) is 18.4. The van der Waals surface area contributed by atoms with Gasteiger partial charge in [0.25, 0.3) is 6.47 Å². The number of ketones is 1. The summed E-state index contributed by atoms with van der Waals surface area (Å²) >= 11 is 0. The van der Waals surface area contributed by atoms with E-state index < -0.39 is 0 Å². The Morgan fingerprint density at radius 3 is 2.48 bits per heavy atom. The van der Waals surface area contributed by atoms with Crippen LogP contribution < -0.4 is 0 Å². The fraction of sp³-hybridized carbons (Fsp3) is 0.440. The fourth-order valence-corrected chi connectivity index (χ4v) is 3.30. The first-order valence-corrected chi connectivity index (χ1v) is 10.3.